The molecular weight excluding hydrogens is 306 g/mol. The maximum Gasteiger partial charge on any atom is 0.387 e. The van der Waals surface area contributed by atoms with E-state index in [4.69, 9.17) is 0 Å². The van der Waals surface area contributed by atoms with Gasteiger partial charge in [0.2, 0.25) is 11.8 Å². The summed E-state index contributed by atoms with van der Waals surface area (Å²) in [5.74, 6) is -0.304. The molecule has 1 saturated heterocycles. The number of rotatable bonds is 6. The second kappa shape index (κ2) is 7.39. The summed E-state index contributed by atoms with van der Waals surface area (Å²) < 4.78 is 29.4. The molecule has 1 fully saturated rings. The molecule has 0 radical (unpaired) electrons. The number of piperazine rings is 1. The Morgan fingerprint density at radius 2 is 2.00 bits per heavy atom. The normalized spacial score (nSPS) is 18.7. The lowest BCUT2D eigenvalue weighted by atomic mass is 10.1. The molecule has 1 atom stereocenters. The molecule has 126 valence electrons. The molecule has 0 saturated carbocycles. The number of nitrogens with zero attached hydrogens (tertiary/aromatic N) is 2. The average molecular weight is 326 g/mol. The predicted octanol–water partition coefficient (Wildman–Crippen LogP) is 2.26. The molecule has 1 aromatic rings. The van der Waals surface area contributed by atoms with Gasteiger partial charge >= 0.3 is 6.61 Å². The first-order valence-electron chi connectivity index (χ1n) is 7.55. The zero-order chi connectivity index (χ0) is 17.0. The molecule has 23 heavy (non-hydrogen) atoms. The van der Waals surface area contributed by atoms with Gasteiger partial charge in [-0.2, -0.15) is 8.78 Å². The van der Waals surface area contributed by atoms with Gasteiger partial charge in [0.1, 0.15) is 11.8 Å². The highest BCUT2D eigenvalue weighted by Gasteiger charge is 2.36. The number of benzene rings is 1. The van der Waals surface area contributed by atoms with E-state index in [0.717, 1.165) is 6.42 Å². The first-order valence-corrected chi connectivity index (χ1v) is 7.55. The average Bonchev–Trinajstić information content (AvgIpc) is 2.50. The fourth-order valence-corrected chi connectivity index (χ4v) is 2.66. The van der Waals surface area contributed by atoms with Crippen LogP contribution in [0.4, 0.5) is 8.78 Å². The zero-order valence-electron chi connectivity index (χ0n) is 13.2. The lowest BCUT2D eigenvalue weighted by molar-refractivity contribution is -0.155. The second-order valence-electron chi connectivity index (χ2n) is 5.44. The van der Waals surface area contributed by atoms with Crippen LogP contribution in [0.5, 0.6) is 5.75 Å². The molecule has 0 aliphatic carbocycles. The van der Waals surface area contributed by atoms with Crippen LogP contribution < -0.4 is 4.74 Å². The molecule has 0 bridgehead atoms. The Balaban J connectivity index is 2.17. The van der Waals surface area contributed by atoms with Crippen LogP contribution in [0.1, 0.15) is 25.8 Å². The van der Waals surface area contributed by atoms with Crippen LogP contribution in [0, 0.1) is 0 Å². The molecule has 1 aromatic carbocycles. The molecule has 0 spiro atoms. The summed E-state index contributed by atoms with van der Waals surface area (Å²) in [4.78, 5) is 27.6. The minimum atomic E-state index is -2.94. The molecule has 5 nitrogen and oxygen atoms in total. The van der Waals surface area contributed by atoms with Crippen molar-refractivity contribution in [2.45, 2.75) is 39.5 Å². The van der Waals surface area contributed by atoms with E-state index in [2.05, 4.69) is 4.74 Å². The monoisotopic (exact) mass is 326 g/mol. The third-order valence-corrected chi connectivity index (χ3v) is 3.81. The summed E-state index contributed by atoms with van der Waals surface area (Å²) in [6.07, 6.45) is 0.775. The van der Waals surface area contributed by atoms with Gasteiger partial charge in [0.25, 0.3) is 0 Å². The number of hydrogen-bond donors (Lipinski definition) is 0. The smallest absolute Gasteiger partial charge is 0.387 e. The van der Waals surface area contributed by atoms with E-state index >= 15 is 0 Å². The molecule has 2 rings (SSSR count). The van der Waals surface area contributed by atoms with Crippen molar-refractivity contribution in [2.75, 3.05) is 13.1 Å². The van der Waals surface area contributed by atoms with Crippen molar-refractivity contribution in [1.29, 1.82) is 0 Å². The van der Waals surface area contributed by atoms with Crippen molar-refractivity contribution in [3.05, 3.63) is 29.8 Å². The highest BCUT2D eigenvalue weighted by atomic mass is 19.3. The maximum atomic E-state index is 12.5. The van der Waals surface area contributed by atoms with E-state index in [9.17, 15) is 18.4 Å². The van der Waals surface area contributed by atoms with Crippen LogP contribution in [-0.4, -0.2) is 47.4 Å². The summed E-state index contributed by atoms with van der Waals surface area (Å²) >= 11 is 0. The fraction of sp³-hybridized carbons (Fsp3) is 0.500. The van der Waals surface area contributed by atoms with Gasteiger partial charge in [-0.3, -0.25) is 9.59 Å². The van der Waals surface area contributed by atoms with Gasteiger partial charge in [0.15, 0.2) is 0 Å². The van der Waals surface area contributed by atoms with E-state index < -0.39 is 12.7 Å². The number of ether oxygens (including phenoxy) is 1. The number of carbonyl (C=O) groups is 2. The van der Waals surface area contributed by atoms with E-state index in [1.54, 1.807) is 25.1 Å². The topological polar surface area (TPSA) is 49.9 Å². The largest absolute Gasteiger partial charge is 0.434 e. The predicted molar refractivity (Wildman–Crippen MR) is 80.0 cm³/mol. The van der Waals surface area contributed by atoms with Gasteiger partial charge in [0, 0.05) is 12.1 Å². The number of carbonyl (C=O) groups excluding carboxylic acids is 2. The lowest BCUT2D eigenvalue weighted by Crippen LogP contribution is -2.58. The Bertz CT molecular complexity index is 580. The fourth-order valence-electron chi connectivity index (χ4n) is 2.66. The van der Waals surface area contributed by atoms with Crippen molar-refractivity contribution in [1.82, 2.24) is 9.80 Å². The molecule has 1 aliphatic rings. The summed E-state index contributed by atoms with van der Waals surface area (Å²) in [7, 11) is 0. The van der Waals surface area contributed by atoms with E-state index in [1.165, 1.54) is 15.9 Å². The van der Waals surface area contributed by atoms with Crippen LogP contribution in [0.15, 0.2) is 24.3 Å². The summed E-state index contributed by atoms with van der Waals surface area (Å²) in [5.41, 5.74) is 0.449. The van der Waals surface area contributed by atoms with Crippen molar-refractivity contribution in [3.8, 4) is 5.75 Å². The Kier molecular flexibility index (Phi) is 5.52. The Labute approximate surface area is 133 Å². The molecule has 0 N–H and O–H groups in total. The Morgan fingerprint density at radius 3 is 2.65 bits per heavy atom. The quantitative estimate of drug-likeness (QED) is 0.806. The van der Waals surface area contributed by atoms with Gasteiger partial charge in [-0.25, -0.2) is 0 Å². The van der Waals surface area contributed by atoms with Gasteiger partial charge in [-0.15, -0.1) is 0 Å². The highest BCUT2D eigenvalue weighted by Crippen LogP contribution is 2.24. The Hall–Kier alpha value is -2.18. The lowest BCUT2D eigenvalue weighted by Gasteiger charge is -2.38. The summed E-state index contributed by atoms with van der Waals surface area (Å²) in [6, 6.07) is 5.67. The zero-order valence-corrected chi connectivity index (χ0v) is 13.2. The maximum absolute atomic E-state index is 12.5. The second-order valence-corrected chi connectivity index (χ2v) is 5.44. The molecule has 2 amide bonds. The van der Waals surface area contributed by atoms with Gasteiger partial charge in [-0.05, 0) is 19.4 Å². The van der Waals surface area contributed by atoms with Crippen molar-refractivity contribution >= 4 is 11.8 Å². The minimum absolute atomic E-state index is 0.0194. The number of halogens is 2. The van der Waals surface area contributed by atoms with Gasteiger partial charge in [0.05, 0.1) is 13.1 Å². The van der Waals surface area contributed by atoms with Crippen LogP contribution >= 0.6 is 0 Å². The van der Waals surface area contributed by atoms with Crippen molar-refractivity contribution < 1.29 is 23.1 Å². The van der Waals surface area contributed by atoms with E-state index in [-0.39, 0.29) is 30.7 Å². The standard InChI is InChI=1S/C16H20F2N2O3/c1-3-8-19-10-14(21)20(11(2)15(19)22)9-12-6-4-5-7-13(12)23-16(17)18/h4-7,11,16H,3,8-10H2,1-2H3/t11-/m0/s1. The number of amides is 2. The van der Waals surface area contributed by atoms with Crippen LogP contribution in [0.2, 0.25) is 0 Å². The van der Waals surface area contributed by atoms with Crippen molar-refractivity contribution in [2.24, 2.45) is 0 Å². The number of hydrogen-bond acceptors (Lipinski definition) is 3. The van der Waals surface area contributed by atoms with Gasteiger partial charge in [-0.1, -0.05) is 25.1 Å². The van der Waals surface area contributed by atoms with Crippen molar-refractivity contribution in [3.63, 3.8) is 0 Å². The molecular formula is C16H20F2N2O3. The molecule has 1 aliphatic heterocycles. The molecule has 7 heteroatoms. The van der Waals surface area contributed by atoms with E-state index in [1.807, 2.05) is 6.92 Å². The highest BCUT2D eigenvalue weighted by molar-refractivity contribution is 5.94. The molecule has 0 aromatic heterocycles. The SMILES string of the molecule is CCCN1CC(=O)N(Cc2ccccc2OC(F)F)[C@@H](C)C1=O. The van der Waals surface area contributed by atoms with Crippen LogP contribution in [-0.2, 0) is 16.1 Å². The van der Waals surface area contributed by atoms with Crippen LogP contribution in [0.3, 0.4) is 0 Å². The van der Waals surface area contributed by atoms with E-state index in [0.29, 0.717) is 12.1 Å². The third-order valence-electron chi connectivity index (χ3n) is 3.81. The van der Waals surface area contributed by atoms with Gasteiger partial charge < -0.3 is 14.5 Å². The summed E-state index contributed by atoms with van der Waals surface area (Å²) in [6.45, 7) is 1.27. The third kappa shape index (κ3) is 3.97. The van der Waals surface area contributed by atoms with Crippen LogP contribution in [0.25, 0.3) is 0 Å². The number of alkyl halides is 2. The summed E-state index contributed by atoms with van der Waals surface area (Å²) in [5, 5.41) is 0. The number of para-hydroxylation sites is 1. The first kappa shape index (κ1) is 17.2. The molecule has 0 unspecified atom stereocenters. The Morgan fingerprint density at radius 1 is 1.30 bits per heavy atom. The molecule has 1 heterocycles. The first-order chi connectivity index (χ1) is 10.9. The minimum Gasteiger partial charge on any atom is -0.434 e.